The Morgan fingerprint density at radius 2 is 1.92 bits per heavy atom. The average Bonchev–Trinajstić information content (AvgIpc) is 2.17. The van der Waals surface area contributed by atoms with E-state index < -0.39 is 0 Å². The lowest BCUT2D eigenvalue weighted by molar-refractivity contribution is 0.502. The molecule has 1 aromatic heterocycles. The molecule has 1 heterocycles. The monoisotopic (exact) mass is 179 g/mol. The van der Waals surface area contributed by atoms with E-state index in [0.29, 0.717) is 12.0 Å². The molecule has 1 rings (SSSR count). The molecular weight excluding hydrogens is 162 g/mol. The predicted molar refractivity (Wildman–Crippen MR) is 54.7 cm³/mol. The van der Waals surface area contributed by atoms with Gasteiger partial charge in [-0.05, 0) is 12.8 Å². The summed E-state index contributed by atoms with van der Waals surface area (Å²) in [6.07, 6.45) is 5.20. The van der Waals surface area contributed by atoms with E-state index in [0.717, 1.165) is 5.82 Å². The van der Waals surface area contributed by atoms with Crippen molar-refractivity contribution in [3.05, 3.63) is 18.6 Å². The Morgan fingerprint density at radius 1 is 1.23 bits per heavy atom. The smallest absolute Gasteiger partial charge is 0.147 e. The molecule has 72 valence electrons. The van der Waals surface area contributed by atoms with E-state index in [-0.39, 0.29) is 0 Å². The van der Waals surface area contributed by atoms with Crippen molar-refractivity contribution in [2.45, 2.75) is 26.8 Å². The maximum atomic E-state index is 4.25. The van der Waals surface area contributed by atoms with Crippen LogP contribution in [0.5, 0.6) is 0 Å². The van der Waals surface area contributed by atoms with E-state index in [2.05, 4.69) is 42.7 Å². The van der Waals surface area contributed by atoms with Crippen LogP contribution < -0.4 is 4.90 Å². The van der Waals surface area contributed by atoms with Gasteiger partial charge in [0.15, 0.2) is 0 Å². The summed E-state index contributed by atoms with van der Waals surface area (Å²) in [7, 11) is 2.05. The lowest BCUT2D eigenvalue weighted by atomic mass is 10.1. The van der Waals surface area contributed by atoms with Crippen LogP contribution in [0.25, 0.3) is 0 Å². The zero-order valence-electron chi connectivity index (χ0n) is 8.73. The number of hydrogen-bond donors (Lipinski definition) is 0. The van der Waals surface area contributed by atoms with Gasteiger partial charge in [-0.15, -0.1) is 0 Å². The molecule has 0 bridgehead atoms. The molecule has 0 aromatic carbocycles. The molecule has 0 saturated heterocycles. The molecule has 0 aliphatic rings. The molecule has 0 radical (unpaired) electrons. The van der Waals surface area contributed by atoms with Crippen LogP contribution in [0.2, 0.25) is 0 Å². The van der Waals surface area contributed by atoms with Crippen LogP contribution in [0, 0.1) is 5.92 Å². The third kappa shape index (κ3) is 2.41. The van der Waals surface area contributed by atoms with Gasteiger partial charge in [-0.3, -0.25) is 4.98 Å². The molecule has 0 fully saturated rings. The number of nitrogens with zero attached hydrogens (tertiary/aromatic N) is 3. The third-order valence-corrected chi connectivity index (χ3v) is 2.49. The van der Waals surface area contributed by atoms with Crippen molar-refractivity contribution in [2.75, 3.05) is 11.9 Å². The molecule has 0 N–H and O–H groups in total. The lowest BCUT2D eigenvalue weighted by Gasteiger charge is -2.28. The third-order valence-electron chi connectivity index (χ3n) is 2.49. The minimum absolute atomic E-state index is 0.483. The number of anilines is 1. The maximum absolute atomic E-state index is 4.25. The Bertz CT molecular complexity index is 246. The standard InChI is InChI=1S/C10H17N3/c1-8(2)9(3)13(4)10-7-11-5-6-12-10/h5-9H,1-4H3. The Labute approximate surface area is 79.8 Å². The quantitative estimate of drug-likeness (QED) is 0.710. The summed E-state index contributed by atoms with van der Waals surface area (Å²) in [5.74, 6) is 1.55. The largest absolute Gasteiger partial charge is 0.355 e. The summed E-state index contributed by atoms with van der Waals surface area (Å²) >= 11 is 0. The molecule has 3 heteroatoms. The van der Waals surface area contributed by atoms with Crippen LogP contribution in [0.15, 0.2) is 18.6 Å². The van der Waals surface area contributed by atoms with E-state index in [1.54, 1.807) is 18.6 Å². The number of aromatic nitrogens is 2. The molecule has 1 aromatic rings. The number of rotatable bonds is 3. The first kappa shape index (κ1) is 9.96. The highest BCUT2D eigenvalue weighted by molar-refractivity contribution is 5.34. The van der Waals surface area contributed by atoms with Crippen LogP contribution in [-0.2, 0) is 0 Å². The van der Waals surface area contributed by atoms with Gasteiger partial charge < -0.3 is 4.90 Å². The second-order valence-electron chi connectivity index (χ2n) is 3.66. The first-order valence-corrected chi connectivity index (χ1v) is 4.61. The van der Waals surface area contributed by atoms with Crippen molar-refractivity contribution >= 4 is 5.82 Å². The average molecular weight is 179 g/mol. The van der Waals surface area contributed by atoms with Gasteiger partial charge in [0.1, 0.15) is 5.82 Å². The SMILES string of the molecule is CC(C)C(C)N(C)c1cnccn1. The van der Waals surface area contributed by atoms with E-state index in [1.807, 2.05) is 0 Å². The molecule has 0 aliphatic heterocycles. The van der Waals surface area contributed by atoms with Crippen LogP contribution in [0.3, 0.4) is 0 Å². The molecule has 13 heavy (non-hydrogen) atoms. The molecule has 1 unspecified atom stereocenters. The normalized spacial score (nSPS) is 13.0. The van der Waals surface area contributed by atoms with Gasteiger partial charge in [0, 0.05) is 25.5 Å². The second-order valence-corrected chi connectivity index (χ2v) is 3.66. The highest BCUT2D eigenvalue weighted by Crippen LogP contribution is 2.14. The van der Waals surface area contributed by atoms with Crippen LogP contribution in [-0.4, -0.2) is 23.1 Å². The Morgan fingerprint density at radius 3 is 2.38 bits per heavy atom. The highest BCUT2D eigenvalue weighted by atomic mass is 15.2. The van der Waals surface area contributed by atoms with Gasteiger partial charge in [0.25, 0.3) is 0 Å². The Balaban J connectivity index is 2.73. The highest BCUT2D eigenvalue weighted by Gasteiger charge is 2.13. The van der Waals surface area contributed by atoms with Crippen LogP contribution >= 0.6 is 0 Å². The zero-order valence-corrected chi connectivity index (χ0v) is 8.73. The van der Waals surface area contributed by atoms with Gasteiger partial charge in [0.05, 0.1) is 6.20 Å². The predicted octanol–water partition coefficient (Wildman–Crippen LogP) is 1.96. The Hall–Kier alpha value is -1.12. The van der Waals surface area contributed by atoms with Crippen molar-refractivity contribution < 1.29 is 0 Å². The van der Waals surface area contributed by atoms with Gasteiger partial charge in [-0.25, -0.2) is 4.98 Å². The van der Waals surface area contributed by atoms with Crippen molar-refractivity contribution in [1.29, 1.82) is 0 Å². The number of hydrogen-bond acceptors (Lipinski definition) is 3. The summed E-state index contributed by atoms with van der Waals surface area (Å²) < 4.78 is 0. The van der Waals surface area contributed by atoms with Crippen LogP contribution in [0.1, 0.15) is 20.8 Å². The van der Waals surface area contributed by atoms with Gasteiger partial charge in [-0.2, -0.15) is 0 Å². The first-order valence-electron chi connectivity index (χ1n) is 4.61. The molecule has 0 aliphatic carbocycles. The minimum atomic E-state index is 0.483. The van der Waals surface area contributed by atoms with E-state index >= 15 is 0 Å². The van der Waals surface area contributed by atoms with Crippen LogP contribution in [0.4, 0.5) is 5.82 Å². The van der Waals surface area contributed by atoms with Gasteiger partial charge in [-0.1, -0.05) is 13.8 Å². The summed E-state index contributed by atoms with van der Waals surface area (Å²) in [6, 6.07) is 0.483. The van der Waals surface area contributed by atoms with Gasteiger partial charge in [0.2, 0.25) is 0 Å². The summed E-state index contributed by atoms with van der Waals surface area (Å²) in [4.78, 5) is 10.4. The molecule has 0 saturated carbocycles. The van der Waals surface area contributed by atoms with E-state index in [1.165, 1.54) is 0 Å². The lowest BCUT2D eigenvalue weighted by Crippen LogP contribution is -2.33. The summed E-state index contributed by atoms with van der Waals surface area (Å²) in [5.41, 5.74) is 0. The second kappa shape index (κ2) is 4.21. The maximum Gasteiger partial charge on any atom is 0.147 e. The zero-order chi connectivity index (χ0) is 9.84. The fourth-order valence-electron chi connectivity index (χ4n) is 1.13. The van der Waals surface area contributed by atoms with E-state index in [4.69, 9.17) is 0 Å². The molecule has 0 spiro atoms. The van der Waals surface area contributed by atoms with Crippen molar-refractivity contribution in [3.8, 4) is 0 Å². The fraction of sp³-hybridized carbons (Fsp3) is 0.600. The minimum Gasteiger partial charge on any atom is -0.355 e. The summed E-state index contributed by atoms with van der Waals surface area (Å²) in [5, 5.41) is 0. The summed E-state index contributed by atoms with van der Waals surface area (Å²) in [6.45, 7) is 6.61. The first-order chi connectivity index (χ1) is 6.13. The van der Waals surface area contributed by atoms with E-state index in [9.17, 15) is 0 Å². The topological polar surface area (TPSA) is 29.0 Å². The molecule has 3 nitrogen and oxygen atoms in total. The van der Waals surface area contributed by atoms with Gasteiger partial charge >= 0.3 is 0 Å². The molecule has 0 amide bonds. The molecular formula is C10H17N3. The Kier molecular flexibility index (Phi) is 3.23. The molecule has 1 atom stereocenters. The van der Waals surface area contributed by atoms with Crippen molar-refractivity contribution in [3.63, 3.8) is 0 Å². The van der Waals surface area contributed by atoms with Crippen molar-refractivity contribution in [2.24, 2.45) is 5.92 Å². The fourth-order valence-corrected chi connectivity index (χ4v) is 1.13. The van der Waals surface area contributed by atoms with Crippen molar-refractivity contribution in [1.82, 2.24) is 9.97 Å².